The molecule has 0 saturated carbocycles. The molecular formula is C12H26O2. The van der Waals surface area contributed by atoms with Gasteiger partial charge in [0.25, 0.3) is 0 Å². The van der Waals surface area contributed by atoms with E-state index in [0.29, 0.717) is 12.3 Å². The highest BCUT2D eigenvalue weighted by Crippen LogP contribution is 2.37. The highest BCUT2D eigenvalue weighted by molar-refractivity contribution is 4.97. The van der Waals surface area contributed by atoms with Crippen molar-refractivity contribution < 1.29 is 10.2 Å². The Morgan fingerprint density at radius 2 is 1.50 bits per heavy atom. The molecule has 0 heterocycles. The van der Waals surface area contributed by atoms with Crippen LogP contribution in [0.25, 0.3) is 0 Å². The smallest absolute Gasteiger partial charge is 0.0955 e. The first-order valence-electron chi connectivity index (χ1n) is 5.61. The van der Waals surface area contributed by atoms with Gasteiger partial charge in [-0.1, -0.05) is 34.1 Å². The molecule has 14 heavy (non-hydrogen) atoms. The van der Waals surface area contributed by atoms with Crippen LogP contribution in [-0.2, 0) is 0 Å². The summed E-state index contributed by atoms with van der Waals surface area (Å²) in [6.45, 7) is 11.6. The summed E-state index contributed by atoms with van der Waals surface area (Å²) in [4.78, 5) is 0. The molecular weight excluding hydrogens is 176 g/mol. The molecule has 0 saturated heterocycles. The SMILES string of the molecule is CCCC(O)(C(C)C(C)C)C(C)(C)O. The summed E-state index contributed by atoms with van der Waals surface area (Å²) in [6, 6.07) is 0. The number of aliphatic hydroxyl groups is 2. The molecule has 86 valence electrons. The van der Waals surface area contributed by atoms with Gasteiger partial charge in [0.05, 0.1) is 11.2 Å². The highest BCUT2D eigenvalue weighted by atomic mass is 16.4. The minimum atomic E-state index is -1.04. The minimum absolute atomic E-state index is 0.0995. The quantitative estimate of drug-likeness (QED) is 0.719. The molecule has 0 radical (unpaired) electrons. The Kier molecular flexibility index (Phi) is 4.60. The lowest BCUT2D eigenvalue weighted by molar-refractivity contribution is -0.172. The number of hydrogen-bond donors (Lipinski definition) is 2. The Morgan fingerprint density at radius 1 is 1.07 bits per heavy atom. The van der Waals surface area contributed by atoms with Gasteiger partial charge in [-0.3, -0.25) is 0 Å². The van der Waals surface area contributed by atoms with Gasteiger partial charge in [-0.2, -0.15) is 0 Å². The third-order valence-corrected chi connectivity index (χ3v) is 3.44. The molecule has 2 atom stereocenters. The highest BCUT2D eigenvalue weighted by Gasteiger charge is 2.46. The Labute approximate surface area is 88.3 Å². The van der Waals surface area contributed by atoms with Crippen LogP contribution in [0.5, 0.6) is 0 Å². The van der Waals surface area contributed by atoms with Crippen molar-refractivity contribution >= 4 is 0 Å². The molecule has 2 unspecified atom stereocenters. The summed E-state index contributed by atoms with van der Waals surface area (Å²) in [5.74, 6) is 0.473. The Balaban J connectivity index is 4.89. The van der Waals surface area contributed by atoms with Crippen LogP contribution in [-0.4, -0.2) is 21.4 Å². The molecule has 2 heteroatoms. The van der Waals surface area contributed by atoms with Crippen LogP contribution in [0.1, 0.15) is 54.4 Å². The van der Waals surface area contributed by atoms with Crippen molar-refractivity contribution in [2.45, 2.75) is 65.6 Å². The van der Waals surface area contributed by atoms with Gasteiger partial charge in [0.1, 0.15) is 0 Å². The molecule has 0 fully saturated rings. The summed E-state index contributed by atoms with van der Waals surface area (Å²) in [5, 5.41) is 20.6. The van der Waals surface area contributed by atoms with Gasteiger partial charge in [0, 0.05) is 0 Å². The fourth-order valence-electron chi connectivity index (χ4n) is 2.02. The summed E-state index contributed by atoms with van der Waals surface area (Å²) in [7, 11) is 0. The van der Waals surface area contributed by atoms with Crippen LogP contribution in [0.2, 0.25) is 0 Å². The fourth-order valence-corrected chi connectivity index (χ4v) is 2.02. The second-order valence-corrected chi connectivity index (χ2v) is 5.27. The average molecular weight is 202 g/mol. The maximum absolute atomic E-state index is 10.5. The zero-order chi connectivity index (χ0) is 11.6. The molecule has 0 aromatic heterocycles. The minimum Gasteiger partial charge on any atom is -0.387 e. The molecule has 2 N–H and O–H groups in total. The average Bonchev–Trinajstić information content (AvgIpc) is 2.01. The zero-order valence-corrected chi connectivity index (χ0v) is 10.5. The third kappa shape index (κ3) is 2.71. The van der Waals surface area contributed by atoms with Crippen molar-refractivity contribution in [2.24, 2.45) is 11.8 Å². The lowest BCUT2D eigenvalue weighted by atomic mass is 9.69. The van der Waals surface area contributed by atoms with Crippen molar-refractivity contribution in [3.05, 3.63) is 0 Å². The van der Waals surface area contributed by atoms with E-state index in [2.05, 4.69) is 13.8 Å². The van der Waals surface area contributed by atoms with E-state index < -0.39 is 11.2 Å². The van der Waals surface area contributed by atoms with E-state index in [1.165, 1.54) is 0 Å². The third-order valence-electron chi connectivity index (χ3n) is 3.44. The number of hydrogen-bond acceptors (Lipinski definition) is 2. The van der Waals surface area contributed by atoms with E-state index in [1.54, 1.807) is 13.8 Å². The summed E-state index contributed by atoms with van der Waals surface area (Å²) < 4.78 is 0. The largest absolute Gasteiger partial charge is 0.387 e. The second-order valence-electron chi connectivity index (χ2n) is 5.27. The van der Waals surface area contributed by atoms with Crippen LogP contribution < -0.4 is 0 Å². The number of rotatable bonds is 5. The van der Waals surface area contributed by atoms with Crippen LogP contribution in [0, 0.1) is 11.8 Å². The Hall–Kier alpha value is -0.0800. The summed E-state index contributed by atoms with van der Waals surface area (Å²) in [5.41, 5.74) is -2.01. The van der Waals surface area contributed by atoms with Gasteiger partial charge >= 0.3 is 0 Å². The van der Waals surface area contributed by atoms with Crippen molar-refractivity contribution in [1.29, 1.82) is 0 Å². The Bertz CT molecular complexity index is 170. The second kappa shape index (κ2) is 4.63. The van der Waals surface area contributed by atoms with Gasteiger partial charge in [0.15, 0.2) is 0 Å². The van der Waals surface area contributed by atoms with Crippen molar-refractivity contribution in [3.8, 4) is 0 Å². The molecule has 0 bridgehead atoms. The molecule has 2 nitrogen and oxygen atoms in total. The first-order chi connectivity index (χ1) is 6.16. The van der Waals surface area contributed by atoms with Gasteiger partial charge < -0.3 is 10.2 Å². The molecule has 0 amide bonds. The first kappa shape index (κ1) is 13.9. The predicted octanol–water partition coefficient (Wildman–Crippen LogP) is 2.58. The van der Waals surface area contributed by atoms with E-state index in [0.717, 1.165) is 6.42 Å². The maximum atomic E-state index is 10.5. The maximum Gasteiger partial charge on any atom is 0.0955 e. The van der Waals surface area contributed by atoms with Crippen molar-refractivity contribution in [1.82, 2.24) is 0 Å². The Morgan fingerprint density at radius 3 is 1.71 bits per heavy atom. The molecule has 0 aromatic carbocycles. The van der Waals surface area contributed by atoms with E-state index in [-0.39, 0.29) is 5.92 Å². The fraction of sp³-hybridized carbons (Fsp3) is 1.00. The molecule has 0 aliphatic carbocycles. The van der Waals surface area contributed by atoms with Gasteiger partial charge in [0.2, 0.25) is 0 Å². The summed E-state index contributed by atoms with van der Waals surface area (Å²) in [6.07, 6.45) is 1.54. The first-order valence-corrected chi connectivity index (χ1v) is 5.61. The van der Waals surface area contributed by atoms with Crippen LogP contribution in [0.4, 0.5) is 0 Å². The summed E-state index contributed by atoms with van der Waals surface area (Å²) >= 11 is 0. The zero-order valence-electron chi connectivity index (χ0n) is 10.5. The van der Waals surface area contributed by atoms with Gasteiger partial charge in [-0.25, -0.2) is 0 Å². The molecule has 0 rings (SSSR count). The van der Waals surface area contributed by atoms with Crippen molar-refractivity contribution in [2.75, 3.05) is 0 Å². The van der Waals surface area contributed by atoms with E-state index >= 15 is 0 Å². The van der Waals surface area contributed by atoms with Gasteiger partial charge in [-0.05, 0) is 32.1 Å². The van der Waals surface area contributed by atoms with Crippen molar-refractivity contribution in [3.63, 3.8) is 0 Å². The molecule has 0 aliphatic rings. The van der Waals surface area contributed by atoms with E-state index in [1.807, 2.05) is 13.8 Å². The lowest BCUT2D eigenvalue weighted by Crippen LogP contribution is -2.55. The van der Waals surface area contributed by atoms with Crippen LogP contribution in [0.15, 0.2) is 0 Å². The standard InChI is InChI=1S/C12H26O2/c1-7-8-12(14,11(5,6)13)10(4)9(2)3/h9-10,13-14H,7-8H2,1-6H3. The molecule has 0 aromatic rings. The normalized spacial score (nSPS) is 19.5. The lowest BCUT2D eigenvalue weighted by Gasteiger charge is -2.45. The van der Waals surface area contributed by atoms with E-state index in [9.17, 15) is 10.2 Å². The molecule has 0 aliphatic heterocycles. The van der Waals surface area contributed by atoms with Crippen LogP contribution in [0.3, 0.4) is 0 Å². The molecule has 0 spiro atoms. The topological polar surface area (TPSA) is 40.5 Å². The predicted molar refractivity (Wildman–Crippen MR) is 60.2 cm³/mol. The van der Waals surface area contributed by atoms with Crippen LogP contribution >= 0.6 is 0 Å². The van der Waals surface area contributed by atoms with E-state index in [4.69, 9.17) is 0 Å². The monoisotopic (exact) mass is 202 g/mol. The van der Waals surface area contributed by atoms with Gasteiger partial charge in [-0.15, -0.1) is 0 Å².